The maximum atomic E-state index is 9.31. The van der Waals surface area contributed by atoms with Gasteiger partial charge in [0, 0.05) is 24.3 Å². The van der Waals surface area contributed by atoms with Crippen LogP contribution >= 0.6 is 0 Å². The van der Waals surface area contributed by atoms with Gasteiger partial charge in [0.15, 0.2) is 0 Å². The van der Waals surface area contributed by atoms with Crippen LogP contribution in [0.2, 0.25) is 0 Å². The second-order valence-electron chi connectivity index (χ2n) is 5.28. The Labute approximate surface area is 122 Å². The molecule has 20 heavy (non-hydrogen) atoms. The lowest BCUT2D eigenvalue weighted by Gasteiger charge is -2.32. The van der Waals surface area contributed by atoms with E-state index in [0.717, 1.165) is 18.5 Å². The zero-order valence-corrected chi connectivity index (χ0v) is 13.1. The van der Waals surface area contributed by atoms with Crippen LogP contribution in [-0.2, 0) is 0 Å². The molecular weight excluding hydrogens is 252 g/mol. The number of aliphatic hydroxyl groups is 1. The molecule has 0 amide bonds. The molecular formula is C16H28N2O2. The Kier molecular flexibility index (Phi) is 6.65. The summed E-state index contributed by atoms with van der Waals surface area (Å²) in [6.45, 7) is 9.07. The van der Waals surface area contributed by atoms with E-state index in [1.807, 2.05) is 32.0 Å². The highest BCUT2D eigenvalue weighted by molar-refractivity contribution is 5.62. The van der Waals surface area contributed by atoms with Gasteiger partial charge in [-0.15, -0.1) is 0 Å². The van der Waals surface area contributed by atoms with Gasteiger partial charge in [-0.25, -0.2) is 0 Å². The highest BCUT2D eigenvalue weighted by Gasteiger charge is 2.17. The van der Waals surface area contributed by atoms with Gasteiger partial charge in [-0.2, -0.15) is 0 Å². The maximum absolute atomic E-state index is 9.31. The summed E-state index contributed by atoms with van der Waals surface area (Å²) in [4.78, 5) is 2.23. The minimum atomic E-state index is 0.0898. The molecule has 0 aliphatic carbocycles. The number of nitrogen functional groups attached to an aromatic ring is 1. The van der Waals surface area contributed by atoms with E-state index in [1.54, 1.807) is 0 Å². The zero-order chi connectivity index (χ0) is 15.1. The fourth-order valence-corrected chi connectivity index (χ4v) is 2.42. The Hall–Kier alpha value is -1.42. The van der Waals surface area contributed by atoms with Crippen LogP contribution in [0.4, 0.5) is 11.4 Å². The molecule has 114 valence electrons. The van der Waals surface area contributed by atoms with Crippen molar-refractivity contribution >= 4 is 11.4 Å². The molecule has 1 rings (SSSR count). The van der Waals surface area contributed by atoms with Crippen molar-refractivity contribution in [3.63, 3.8) is 0 Å². The molecule has 4 heteroatoms. The van der Waals surface area contributed by atoms with Crippen LogP contribution in [0.1, 0.15) is 40.5 Å². The Bertz CT molecular complexity index is 403. The van der Waals surface area contributed by atoms with Crippen molar-refractivity contribution in [2.24, 2.45) is 0 Å². The summed E-state index contributed by atoms with van der Waals surface area (Å²) >= 11 is 0. The van der Waals surface area contributed by atoms with E-state index in [2.05, 4.69) is 18.7 Å². The van der Waals surface area contributed by atoms with Gasteiger partial charge in [-0.1, -0.05) is 13.8 Å². The second kappa shape index (κ2) is 8.00. The number of hydrogen-bond acceptors (Lipinski definition) is 4. The summed E-state index contributed by atoms with van der Waals surface area (Å²) in [6, 6.07) is 6.26. The van der Waals surface area contributed by atoms with Gasteiger partial charge in [-0.05, 0) is 38.8 Å². The van der Waals surface area contributed by atoms with Crippen LogP contribution in [-0.4, -0.2) is 30.4 Å². The van der Waals surface area contributed by atoms with E-state index in [0.29, 0.717) is 24.0 Å². The Morgan fingerprint density at radius 1 is 1.25 bits per heavy atom. The highest BCUT2D eigenvalue weighted by atomic mass is 16.5. The summed E-state index contributed by atoms with van der Waals surface area (Å²) in [5, 5.41) is 9.31. The first-order valence-electron chi connectivity index (χ1n) is 7.47. The van der Waals surface area contributed by atoms with E-state index >= 15 is 0 Å². The lowest BCUT2D eigenvalue weighted by Crippen LogP contribution is -2.36. The lowest BCUT2D eigenvalue weighted by molar-refractivity contribution is 0.243. The molecule has 0 aromatic heterocycles. The van der Waals surface area contributed by atoms with Crippen LogP contribution in [0.3, 0.4) is 0 Å². The molecule has 0 saturated carbocycles. The van der Waals surface area contributed by atoms with Gasteiger partial charge in [0.25, 0.3) is 0 Å². The number of ether oxygens (including phenoxy) is 1. The number of benzene rings is 1. The number of nitrogens with two attached hydrogens (primary N) is 1. The number of rotatable bonds is 8. The van der Waals surface area contributed by atoms with Gasteiger partial charge in [0.2, 0.25) is 0 Å². The third-order valence-electron chi connectivity index (χ3n) is 3.42. The zero-order valence-electron chi connectivity index (χ0n) is 13.1. The SMILES string of the molecule is CCC(CC)N(CCO)c1ccc(N)c(OC(C)C)c1. The van der Waals surface area contributed by atoms with E-state index in [4.69, 9.17) is 10.5 Å². The molecule has 0 heterocycles. The summed E-state index contributed by atoms with van der Waals surface area (Å²) in [7, 11) is 0. The molecule has 0 bridgehead atoms. The molecule has 0 spiro atoms. The standard InChI is InChI=1S/C16H28N2O2/c1-5-13(6-2)18(9-10-19)14-7-8-15(17)16(11-14)20-12(3)4/h7-8,11-13,19H,5-6,9-10,17H2,1-4H3. The smallest absolute Gasteiger partial charge is 0.144 e. The molecule has 0 aliphatic heterocycles. The van der Waals surface area contributed by atoms with E-state index in [9.17, 15) is 5.11 Å². The van der Waals surface area contributed by atoms with Crippen molar-refractivity contribution in [1.82, 2.24) is 0 Å². The molecule has 0 unspecified atom stereocenters. The van der Waals surface area contributed by atoms with Crippen LogP contribution in [0.5, 0.6) is 5.75 Å². The average Bonchev–Trinajstić information content (AvgIpc) is 2.41. The first-order valence-corrected chi connectivity index (χ1v) is 7.47. The third kappa shape index (κ3) is 4.30. The van der Waals surface area contributed by atoms with Crippen molar-refractivity contribution in [3.8, 4) is 5.75 Å². The van der Waals surface area contributed by atoms with Gasteiger partial charge in [0.1, 0.15) is 5.75 Å². The van der Waals surface area contributed by atoms with Crippen LogP contribution in [0.15, 0.2) is 18.2 Å². The predicted molar refractivity (Wildman–Crippen MR) is 85.4 cm³/mol. The summed E-state index contributed by atoms with van der Waals surface area (Å²) in [6.07, 6.45) is 2.18. The van der Waals surface area contributed by atoms with E-state index in [1.165, 1.54) is 0 Å². The number of nitrogens with zero attached hydrogens (tertiary/aromatic N) is 1. The molecule has 4 nitrogen and oxygen atoms in total. The predicted octanol–water partition coefficient (Wildman–Crippen LogP) is 3.04. The fraction of sp³-hybridized carbons (Fsp3) is 0.625. The van der Waals surface area contributed by atoms with Crippen molar-refractivity contribution in [1.29, 1.82) is 0 Å². The topological polar surface area (TPSA) is 58.7 Å². The highest BCUT2D eigenvalue weighted by Crippen LogP contribution is 2.30. The monoisotopic (exact) mass is 280 g/mol. The number of anilines is 2. The quantitative estimate of drug-likeness (QED) is 0.719. The van der Waals surface area contributed by atoms with Gasteiger partial charge in [-0.3, -0.25) is 0 Å². The van der Waals surface area contributed by atoms with Crippen LogP contribution in [0.25, 0.3) is 0 Å². The van der Waals surface area contributed by atoms with Gasteiger partial charge in [0.05, 0.1) is 18.4 Å². The number of hydrogen-bond donors (Lipinski definition) is 2. The average molecular weight is 280 g/mol. The molecule has 0 radical (unpaired) electrons. The van der Waals surface area contributed by atoms with Crippen LogP contribution < -0.4 is 15.4 Å². The van der Waals surface area contributed by atoms with Crippen molar-refractivity contribution in [2.45, 2.75) is 52.7 Å². The molecule has 0 saturated heterocycles. The second-order valence-corrected chi connectivity index (χ2v) is 5.28. The Balaban J connectivity index is 3.07. The van der Waals surface area contributed by atoms with Crippen molar-refractivity contribution in [2.75, 3.05) is 23.8 Å². The minimum Gasteiger partial charge on any atom is -0.489 e. The fourth-order valence-electron chi connectivity index (χ4n) is 2.42. The molecule has 3 N–H and O–H groups in total. The minimum absolute atomic E-state index is 0.0898. The molecule has 1 aromatic rings. The lowest BCUT2D eigenvalue weighted by atomic mass is 10.1. The molecule has 0 fully saturated rings. The van der Waals surface area contributed by atoms with Gasteiger partial charge < -0.3 is 20.5 Å². The van der Waals surface area contributed by atoms with E-state index in [-0.39, 0.29) is 12.7 Å². The molecule has 0 aliphatic rings. The van der Waals surface area contributed by atoms with Crippen molar-refractivity contribution < 1.29 is 9.84 Å². The number of aliphatic hydroxyl groups excluding tert-OH is 1. The van der Waals surface area contributed by atoms with E-state index < -0.39 is 0 Å². The molecule has 1 aromatic carbocycles. The molecule has 0 atom stereocenters. The van der Waals surface area contributed by atoms with Gasteiger partial charge >= 0.3 is 0 Å². The Morgan fingerprint density at radius 3 is 2.40 bits per heavy atom. The largest absolute Gasteiger partial charge is 0.489 e. The van der Waals surface area contributed by atoms with Crippen LogP contribution in [0, 0.1) is 0 Å². The first-order chi connectivity index (χ1) is 9.53. The third-order valence-corrected chi connectivity index (χ3v) is 3.42. The summed E-state index contributed by atoms with van der Waals surface area (Å²) < 4.78 is 5.75. The first kappa shape index (κ1) is 16.6. The Morgan fingerprint density at radius 2 is 1.90 bits per heavy atom. The van der Waals surface area contributed by atoms with Crippen molar-refractivity contribution in [3.05, 3.63) is 18.2 Å². The summed E-state index contributed by atoms with van der Waals surface area (Å²) in [5.74, 6) is 0.714. The normalized spacial score (nSPS) is 11.2. The maximum Gasteiger partial charge on any atom is 0.144 e. The summed E-state index contributed by atoms with van der Waals surface area (Å²) in [5.41, 5.74) is 7.66.